The van der Waals surface area contributed by atoms with Crippen LogP contribution in [0.1, 0.15) is 21.5 Å². The molecule has 4 rings (SSSR count). The lowest BCUT2D eigenvalue weighted by molar-refractivity contribution is -0.387. The van der Waals surface area contributed by atoms with Gasteiger partial charge in [0.2, 0.25) is 9.84 Å². The molecule has 3 aromatic rings. The average molecular weight is 514 g/mol. The summed E-state index contributed by atoms with van der Waals surface area (Å²) < 4.78 is 26.2. The number of anilines is 1. The van der Waals surface area contributed by atoms with E-state index in [1.807, 2.05) is 6.07 Å². The predicted molar refractivity (Wildman–Crippen MR) is 134 cm³/mol. The maximum absolute atomic E-state index is 13.1. The Morgan fingerprint density at radius 2 is 1.63 bits per heavy atom. The average Bonchev–Trinajstić information content (AvgIpc) is 2.85. The monoisotopic (exact) mass is 513 g/mol. The second-order valence-electron chi connectivity index (χ2n) is 8.37. The van der Waals surface area contributed by atoms with Gasteiger partial charge in [-0.15, -0.1) is 0 Å². The van der Waals surface area contributed by atoms with Gasteiger partial charge in [-0.05, 0) is 55.3 Å². The van der Waals surface area contributed by atoms with E-state index in [1.54, 1.807) is 11.0 Å². The van der Waals surface area contributed by atoms with E-state index in [1.165, 1.54) is 35.4 Å². The molecule has 0 saturated carbocycles. The molecule has 0 aliphatic carbocycles. The van der Waals surface area contributed by atoms with Gasteiger partial charge in [-0.1, -0.05) is 35.9 Å². The molecule has 3 aromatic carbocycles. The van der Waals surface area contributed by atoms with Gasteiger partial charge < -0.3 is 9.80 Å². The first kappa shape index (κ1) is 24.7. The highest BCUT2D eigenvalue weighted by Gasteiger charge is 2.31. The number of amides is 1. The number of carbonyl (C=O) groups is 1. The first-order valence-electron chi connectivity index (χ1n) is 11.0. The molecule has 1 aliphatic heterocycles. The van der Waals surface area contributed by atoms with Crippen molar-refractivity contribution in [1.82, 2.24) is 4.90 Å². The van der Waals surface area contributed by atoms with Crippen LogP contribution in [0.25, 0.3) is 0 Å². The summed E-state index contributed by atoms with van der Waals surface area (Å²) in [4.78, 5) is 27.2. The van der Waals surface area contributed by atoms with Crippen LogP contribution < -0.4 is 4.90 Å². The molecule has 0 radical (unpaired) electrons. The lowest BCUT2D eigenvalue weighted by Crippen LogP contribution is -2.49. The van der Waals surface area contributed by atoms with Crippen molar-refractivity contribution in [2.24, 2.45) is 0 Å². The van der Waals surface area contributed by atoms with Crippen LogP contribution in [0.5, 0.6) is 0 Å². The van der Waals surface area contributed by atoms with Gasteiger partial charge >= 0.3 is 0 Å². The molecule has 1 saturated heterocycles. The minimum absolute atomic E-state index is 0.0383. The molecule has 0 bridgehead atoms. The number of nitrogens with zero attached hydrogens (tertiary/aromatic N) is 3. The molecule has 8 nitrogen and oxygen atoms in total. The van der Waals surface area contributed by atoms with E-state index in [-0.39, 0.29) is 21.4 Å². The topological polar surface area (TPSA) is 101 Å². The SMILES string of the molecule is Cc1cccc(N2CCN(C(=O)c3ccc(S(=O)(=O)c4ccccc4Cl)c([N+](=O)[O-])c3)CC2)c1C. The van der Waals surface area contributed by atoms with Crippen molar-refractivity contribution in [2.75, 3.05) is 31.1 Å². The molecule has 0 unspecified atom stereocenters. The third-order valence-electron chi connectivity index (χ3n) is 6.30. The van der Waals surface area contributed by atoms with Crippen LogP contribution in [-0.4, -0.2) is 50.3 Å². The van der Waals surface area contributed by atoms with Crippen LogP contribution in [0.2, 0.25) is 5.02 Å². The zero-order valence-corrected chi connectivity index (χ0v) is 20.8. The van der Waals surface area contributed by atoms with Crippen LogP contribution in [0.3, 0.4) is 0 Å². The fourth-order valence-corrected chi connectivity index (χ4v) is 6.13. The Morgan fingerprint density at radius 1 is 0.943 bits per heavy atom. The van der Waals surface area contributed by atoms with Crippen LogP contribution in [-0.2, 0) is 9.84 Å². The largest absolute Gasteiger partial charge is 0.368 e. The van der Waals surface area contributed by atoms with Gasteiger partial charge in [-0.2, -0.15) is 0 Å². The summed E-state index contributed by atoms with van der Waals surface area (Å²) in [5, 5.41) is 11.7. The fraction of sp³-hybridized carbons (Fsp3) is 0.240. The molecule has 0 N–H and O–H groups in total. The van der Waals surface area contributed by atoms with Gasteiger partial charge in [0.1, 0.15) is 4.90 Å². The highest BCUT2D eigenvalue weighted by molar-refractivity contribution is 7.91. The van der Waals surface area contributed by atoms with Gasteiger partial charge in [0.15, 0.2) is 0 Å². The summed E-state index contributed by atoms with van der Waals surface area (Å²) in [5.74, 6) is -0.379. The Hall–Kier alpha value is -3.43. The lowest BCUT2D eigenvalue weighted by Gasteiger charge is -2.37. The summed E-state index contributed by atoms with van der Waals surface area (Å²) in [5.41, 5.74) is 2.92. The van der Waals surface area contributed by atoms with Gasteiger partial charge in [-0.3, -0.25) is 14.9 Å². The van der Waals surface area contributed by atoms with Crippen molar-refractivity contribution in [1.29, 1.82) is 0 Å². The van der Waals surface area contributed by atoms with E-state index in [0.29, 0.717) is 26.2 Å². The summed E-state index contributed by atoms with van der Waals surface area (Å²) in [6, 6.07) is 15.3. The number of sulfone groups is 1. The second-order valence-corrected chi connectivity index (χ2v) is 10.7. The number of rotatable bonds is 5. The van der Waals surface area contributed by atoms with Crippen molar-refractivity contribution in [3.63, 3.8) is 0 Å². The first-order chi connectivity index (χ1) is 16.6. The van der Waals surface area contributed by atoms with Crippen molar-refractivity contribution in [2.45, 2.75) is 23.6 Å². The summed E-state index contributed by atoms with van der Waals surface area (Å²) in [7, 11) is -4.26. The number of halogens is 1. The fourth-order valence-electron chi connectivity index (χ4n) is 4.21. The third kappa shape index (κ3) is 4.74. The Labute approximate surface area is 208 Å². The first-order valence-corrected chi connectivity index (χ1v) is 12.9. The second kappa shape index (κ2) is 9.67. The van der Waals surface area contributed by atoms with E-state index in [2.05, 4.69) is 30.9 Å². The minimum Gasteiger partial charge on any atom is -0.368 e. The summed E-state index contributed by atoms with van der Waals surface area (Å²) in [6.45, 7) is 6.26. The van der Waals surface area contributed by atoms with E-state index in [4.69, 9.17) is 11.6 Å². The molecule has 0 spiro atoms. The van der Waals surface area contributed by atoms with Crippen LogP contribution in [0.15, 0.2) is 70.5 Å². The Kier molecular flexibility index (Phi) is 6.82. The lowest BCUT2D eigenvalue weighted by atomic mass is 10.1. The van der Waals surface area contributed by atoms with Crippen molar-refractivity contribution < 1.29 is 18.1 Å². The van der Waals surface area contributed by atoms with E-state index >= 15 is 0 Å². The highest BCUT2D eigenvalue weighted by Crippen LogP contribution is 2.34. The number of carbonyl (C=O) groups excluding carboxylic acids is 1. The number of piperazine rings is 1. The Bertz CT molecular complexity index is 1420. The van der Waals surface area contributed by atoms with E-state index < -0.39 is 25.3 Å². The number of nitro groups is 1. The van der Waals surface area contributed by atoms with Gasteiger partial charge in [0.25, 0.3) is 11.6 Å². The normalized spacial score (nSPS) is 14.1. The number of benzene rings is 3. The summed E-state index contributed by atoms with van der Waals surface area (Å²) >= 11 is 6.03. The van der Waals surface area contributed by atoms with E-state index in [0.717, 1.165) is 17.8 Å². The predicted octanol–water partition coefficient (Wildman–Crippen LogP) is 4.66. The molecule has 182 valence electrons. The Balaban J connectivity index is 1.58. The zero-order valence-electron chi connectivity index (χ0n) is 19.3. The molecular weight excluding hydrogens is 490 g/mol. The van der Waals surface area contributed by atoms with Crippen molar-refractivity contribution in [3.8, 4) is 0 Å². The molecular formula is C25H24ClN3O5S. The van der Waals surface area contributed by atoms with Gasteiger partial charge in [0.05, 0.1) is 14.8 Å². The maximum Gasteiger partial charge on any atom is 0.289 e. The quantitative estimate of drug-likeness (QED) is 0.363. The molecule has 35 heavy (non-hydrogen) atoms. The van der Waals surface area contributed by atoms with Crippen LogP contribution >= 0.6 is 11.6 Å². The molecule has 1 amide bonds. The maximum atomic E-state index is 13.1. The molecule has 0 aromatic heterocycles. The molecule has 1 aliphatic rings. The number of hydrogen-bond acceptors (Lipinski definition) is 6. The van der Waals surface area contributed by atoms with Crippen molar-refractivity contribution in [3.05, 3.63) is 92.5 Å². The number of nitro benzene ring substituents is 1. The molecule has 1 heterocycles. The van der Waals surface area contributed by atoms with E-state index in [9.17, 15) is 23.3 Å². The third-order valence-corrected chi connectivity index (χ3v) is 8.60. The van der Waals surface area contributed by atoms with Crippen LogP contribution in [0, 0.1) is 24.0 Å². The standard InChI is InChI=1S/C25H24ClN3O5S/c1-17-6-5-8-21(18(17)2)27-12-14-28(15-13-27)25(30)19-10-11-24(22(16-19)29(31)32)35(33,34)23-9-4-3-7-20(23)26/h3-11,16H,12-15H2,1-2H3. The van der Waals surface area contributed by atoms with Gasteiger partial charge in [-0.25, -0.2) is 8.42 Å². The molecule has 10 heteroatoms. The van der Waals surface area contributed by atoms with Gasteiger partial charge in [0, 0.05) is 43.5 Å². The zero-order chi connectivity index (χ0) is 25.3. The molecule has 1 fully saturated rings. The summed E-state index contributed by atoms with van der Waals surface area (Å²) in [6.07, 6.45) is 0. The molecule has 0 atom stereocenters. The minimum atomic E-state index is -4.26. The number of hydrogen-bond donors (Lipinski definition) is 0. The smallest absolute Gasteiger partial charge is 0.289 e. The Morgan fingerprint density at radius 3 is 2.29 bits per heavy atom. The highest BCUT2D eigenvalue weighted by atomic mass is 35.5. The van der Waals surface area contributed by atoms with Crippen LogP contribution in [0.4, 0.5) is 11.4 Å². The van der Waals surface area contributed by atoms with Crippen molar-refractivity contribution >= 4 is 38.7 Å². The number of aryl methyl sites for hydroxylation is 1.